The maximum atomic E-state index is 12.1. The number of hydrogen-bond acceptors (Lipinski definition) is 7. The van der Waals surface area contributed by atoms with Gasteiger partial charge in [0.15, 0.2) is 0 Å². The minimum absolute atomic E-state index is 0.00413. The van der Waals surface area contributed by atoms with Gasteiger partial charge < -0.3 is 25.4 Å². The Morgan fingerprint density at radius 3 is 2.39 bits per heavy atom. The summed E-state index contributed by atoms with van der Waals surface area (Å²) in [7, 11) is 5.09. The van der Waals surface area contributed by atoms with Crippen molar-refractivity contribution in [1.29, 1.82) is 0 Å². The number of amides is 2. The third kappa shape index (κ3) is 14.2. The number of ether oxygens (including phenoxy) is 2. The molecule has 1 rings (SSSR count). The predicted molar refractivity (Wildman–Crippen MR) is 137 cm³/mol. The highest BCUT2D eigenvalue weighted by atomic mass is 33.1. The van der Waals surface area contributed by atoms with Crippen molar-refractivity contribution in [2.75, 3.05) is 46.5 Å². The van der Waals surface area contributed by atoms with Crippen molar-refractivity contribution in [3.8, 4) is 11.8 Å². The van der Waals surface area contributed by atoms with E-state index < -0.39 is 0 Å². The smallest absolute Gasteiger partial charge is 0.251 e. The van der Waals surface area contributed by atoms with Gasteiger partial charge in [-0.2, -0.15) is 0 Å². The first-order valence-electron chi connectivity index (χ1n) is 11.1. The molecule has 2 amide bonds. The van der Waals surface area contributed by atoms with Gasteiger partial charge in [-0.05, 0) is 37.2 Å². The summed E-state index contributed by atoms with van der Waals surface area (Å²) in [6.45, 7) is 10.6. The van der Waals surface area contributed by atoms with Crippen LogP contribution in [0.25, 0.3) is 0 Å². The van der Waals surface area contributed by atoms with Gasteiger partial charge in [0.1, 0.15) is 12.0 Å². The van der Waals surface area contributed by atoms with Crippen molar-refractivity contribution in [3.63, 3.8) is 0 Å². The quantitative estimate of drug-likeness (QED) is 0.149. The maximum absolute atomic E-state index is 12.1. The largest absolute Gasteiger partial charge is 0.369 e. The average Bonchev–Trinajstić information content (AvgIpc) is 2.78. The Balaban J connectivity index is 2.29. The zero-order valence-corrected chi connectivity index (χ0v) is 21.9. The SMILES string of the molecule is CNCCNC(=O)c1ccc(SSC(OCCOCC(=O)NCC#CC(C)C)C(C)C)cc1. The lowest BCUT2D eigenvalue weighted by Crippen LogP contribution is -2.30. The van der Waals surface area contributed by atoms with E-state index in [9.17, 15) is 9.59 Å². The summed E-state index contributed by atoms with van der Waals surface area (Å²) in [6, 6.07) is 7.54. The van der Waals surface area contributed by atoms with Crippen molar-refractivity contribution < 1.29 is 19.1 Å². The molecule has 9 heteroatoms. The number of likely N-dealkylation sites (N-methyl/N-ethyl adjacent to an activating group) is 1. The molecule has 0 fully saturated rings. The summed E-state index contributed by atoms with van der Waals surface area (Å²) < 4.78 is 11.3. The van der Waals surface area contributed by atoms with Crippen molar-refractivity contribution in [2.24, 2.45) is 11.8 Å². The molecule has 0 aromatic heterocycles. The molecule has 0 spiro atoms. The standard InChI is InChI=1S/C24H37N3O4S2/c1-18(2)7-6-12-26-22(28)17-30-15-16-31-24(19(3)4)33-32-21-10-8-20(9-11-21)23(29)27-14-13-25-5/h8-11,18-19,24-25H,12-17H2,1-5H3,(H,26,28)(H,27,29). The van der Waals surface area contributed by atoms with E-state index in [1.165, 1.54) is 0 Å². The van der Waals surface area contributed by atoms with Crippen molar-refractivity contribution in [3.05, 3.63) is 29.8 Å². The number of rotatable bonds is 15. The molecule has 0 saturated carbocycles. The summed E-state index contributed by atoms with van der Waals surface area (Å²) in [4.78, 5) is 24.8. The van der Waals surface area contributed by atoms with E-state index in [1.54, 1.807) is 21.6 Å². The topological polar surface area (TPSA) is 88.7 Å². The minimum atomic E-state index is -0.183. The lowest BCUT2D eigenvalue weighted by Gasteiger charge is -2.20. The van der Waals surface area contributed by atoms with Gasteiger partial charge in [0, 0.05) is 29.5 Å². The van der Waals surface area contributed by atoms with Crippen molar-refractivity contribution >= 4 is 33.4 Å². The van der Waals surface area contributed by atoms with E-state index in [0.717, 1.165) is 11.4 Å². The predicted octanol–water partition coefficient (Wildman–Crippen LogP) is 3.17. The number of carbonyl (C=O) groups is 2. The number of carbonyl (C=O) groups excluding carboxylic acids is 2. The number of nitrogens with one attached hydrogen (secondary N) is 3. The van der Waals surface area contributed by atoms with E-state index in [-0.39, 0.29) is 23.9 Å². The Morgan fingerprint density at radius 1 is 1.03 bits per heavy atom. The molecule has 0 aliphatic heterocycles. The lowest BCUT2D eigenvalue weighted by atomic mass is 10.2. The summed E-state index contributed by atoms with van der Waals surface area (Å²) in [5.41, 5.74) is 0.619. The molecule has 0 radical (unpaired) electrons. The number of benzene rings is 1. The van der Waals surface area contributed by atoms with Crippen LogP contribution < -0.4 is 16.0 Å². The van der Waals surface area contributed by atoms with Gasteiger partial charge in [-0.1, -0.05) is 61.1 Å². The Labute approximate surface area is 206 Å². The van der Waals surface area contributed by atoms with Crippen LogP contribution >= 0.6 is 21.6 Å². The molecular weight excluding hydrogens is 458 g/mol. The van der Waals surface area contributed by atoms with Crippen LogP contribution in [0.4, 0.5) is 0 Å². The molecule has 1 atom stereocenters. The molecule has 184 valence electrons. The first-order chi connectivity index (χ1) is 15.8. The molecule has 3 N–H and O–H groups in total. The van der Waals surface area contributed by atoms with Gasteiger partial charge >= 0.3 is 0 Å². The molecular formula is C24H37N3O4S2. The van der Waals surface area contributed by atoms with E-state index in [0.29, 0.717) is 43.7 Å². The highest BCUT2D eigenvalue weighted by molar-refractivity contribution is 8.76. The second kappa shape index (κ2) is 17.7. The van der Waals surface area contributed by atoms with E-state index in [2.05, 4.69) is 41.6 Å². The Bertz CT molecular complexity index is 761. The first kappa shape index (κ1) is 29.3. The Hall–Kier alpha value is -1.70. The normalized spacial score (nSPS) is 11.7. The van der Waals surface area contributed by atoms with Crippen LogP contribution in [0.15, 0.2) is 29.2 Å². The fourth-order valence-corrected chi connectivity index (χ4v) is 4.95. The van der Waals surface area contributed by atoms with Gasteiger partial charge in [-0.25, -0.2) is 0 Å². The maximum Gasteiger partial charge on any atom is 0.251 e. The van der Waals surface area contributed by atoms with Crippen LogP contribution in [0, 0.1) is 23.7 Å². The highest BCUT2D eigenvalue weighted by Gasteiger charge is 2.16. The van der Waals surface area contributed by atoms with Crippen LogP contribution in [0.1, 0.15) is 38.1 Å². The Morgan fingerprint density at radius 2 is 1.76 bits per heavy atom. The summed E-state index contributed by atoms with van der Waals surface area (Å²) in [6.07, 6.45) is 0. The molecule has 1 aromatic rings. The second-order valence-corrected chi connectivity index (χ2v) is 10.2. The monoisotopic (exact) mass is 495 g/mol. The van der Waals surface area contributed by atoms with Crippen molar-refractivity contribution in [2.45, 2.75) is 38.0 Å². The highest BCUT2D eigenvalue weighted by Crippen LogP contribution is 2.37. The van der Waals surface area contributed by atoms with Crippen LogP contribution in [0.2, 0.25) is 0 Å². The van der Waals surface area contributed by atoms with Gasteiger partial charge in [0.05, 0.1) is 19.8 Å². The van der Waals surface area contributed by atoms with Gasteiger partial charge in [-0.15, -0.1) is 0 Å². The minimum Gasteiger partial charge on any atom is -0.369 e. The summed E-state index contributed by atoms with van der Waals surface area (Å²) >= 11 is 0. The van der Waals surface area contributed by atoms with Gasteiger partial charge in [0.2, 0.25) is 5.91 Å². The molecule has 1 unspecified atom stereocenters. The van der Waals surface area contributed by atoms with Crippen LogP contribution in [-0.4, -0.2) is 63.8 Å². The molecule has 0 heterocycles. The average molecular weight is 496 g/mol. The Kier molecular flexibility index (Phi) is 15.8. The zero-order chi connectivity index (χ0) is 24.5. The van der Waals surface area contributed by atoms with E-state index >= 15 is 0 Å². The molecule has 1 aromatic carbocycles. The summed E-state index contributed by atoms with van der Waals surface area (Å²) in [5.74, 6) is 6.23. The van der Waals surface area contributed by atoms with Crippen LogP contribution in [0.3, 0.4) is 0 Å². The molecule has 7 nitrogen and oxygen atoms in total. The lowest BCUT2D eigenvalue weighted by molar-refractivity contribution is -0.126. The molecule has 0 aliphatic carbocycles. The number of hydrogen-bond donors (Lipinski definition) is 3. The third-order valence-electron chi connectivity index (χ3n) is 4.07. The molecule has 0 saturated heterocycles. The van der Waals surface area contributed by atoms with Crippen LogP contribution in [-0.2, 0) is 14.3 Å². The van der Waals surface area contributed by atoms with Crippen molar-refractivity contribution in [1.82, 2.24) is 16.0 Å². The van der Waals surface area contributed by atoms with Gasteiger partial charge in [-0.3, -0.25) is 9.59 Å². The molecule has 0 aliphatic rings. The third-order valence-corrected chi connectivity index (χ3v) is 6.93. The van der Waals surface area contributed by atoms with E-state index in [1.807, 2.05) is 45.2 Å². The van der Waals surface area contributed by atoms with E-state index in [4.69, 9.17) is 9.47 Å². The van der Waals surface area contributed by atoms with Crippen LogP contribution in [0.5, 0.6) is 0 Å². The summed E-state index contributed by atoms with van der Waals surface area (Å²) in [5, 5.41) is 8.57. The first-order valence-corrected chi connectivity index (χ1v) is 13.3. The fraction of sp³-hybridized carbons (Fsp3) is 0.583. The van der Waals surface area contributed by atoms with Gasteiger partial charge in [0.25, 0.3) is 5.91 Å². The molecule has 0 bridgehead atoms. The second-order valence-electron chi connectivity index (χ2n) is 7.85. The fourth-order valence-electron chi connectivity index (χ4n) is 2.34. The molecule has 33 heavy (non-hydrogen) atoms. The zero-order valence-electron chi connectivity index (χ0n) is 20.2.